The zero-order valence-corrected chi connectivity index (χ0v) is 16.0. The minimum absolute atomic E-state index is 0.00958. The highest BCUT2D eigenvalue weighted by Gasteiger charge is 2.24. The third kappa shape index (κ3) is 5.00. The number of nitrogens with zero attached hydrogens (tertiary/aromatic N) is 2. The molecule has 150 valence electrons. The van der Waals surface area contributed by atoms with Gasteiger partial charge in [-0.2, -0.15) is 0 Å². The number of rotatable bonds is 6. The van der Waals surface area contributed by atoms with E-state index in [1.54, 1.807) is 35.4 Å². The topological polar surface area (TPSA) is 81.9 Å². The quantitative estimate of drug-likeness (QED) is 0.598. The summed E-state index contributed by atoms with van der Waals surface area (Å²) in [7, 11) is 0. The van der Waals surface area contributed by atoms with Gasteiger partial charge in [-0.3, -0.25) is 9.78 Å². The van der Waals surface area contributed by atoms with Crippen LogP contribution in [-0.4, -0.2) is 41.6 Å². The fourth-order valence-corrected chi connectivity index (χ4v) is 3.35. The number of pyridine rings is 1. The van der Waals surface area contributed by atoms with Crippen molar-refractivity contribution in [3.8, 4) is 5.75 Å². The molecule has 0 spiro atoms. The van der Waals surface area contributed by atoms with Crippen LogP contribution in [0.3, 0.4) is 0 Å². The van der Waals surface area contributed by atoms with E-state index in [4.69, 9.17) is 13.9 Å². The Labute approximate surface area is 167 Å². The maximum Gasteiger partial charge on any atom is 0.336 e. The van der Waals surface area contributed by atoms with Crippen molar-refractivity contribution < 1.29 is 18.7 Å². The van der Waals surface area contributed by atoms with Crippen molar-refractivity contribution in [3.63, 3.8) is 0 Å². The Kier molecular flexibility index (Phi) is 5.86. The molecule has 1 amide bonds. The molecule has 3 heterocycles. The lowest BCUT2D eigenvalue weighted by Crippen LogP contribution is -2.45. The van der Waals surface area contributed by atoms with Gasteiger partial charge in [-0.1, -0.05) is 6.07 Å². The Morgan fingerprint density at radius 1 is 1.21 bits per heavy atom. The first-order valence-corrected chi connectivity index (χ1v) is 9.63. The normalized spacial score (nSPS) is 16.7. The molecule has 1 saturated heterocycles. The number of carbonyl (C=O) groups is 1. The summed E-state index contributed by atoms with van der Waals surface area (Å²) in [6, 6.07) is 13.9. The lowest BCUT2D eigenvalue weighted by Gasteiger charge is -2.32. The second-order valence-corrected chi connectivity index (χ2v) is 6.98. The molecule has 7 nitrogen and oxygen atoms in total. The number of amides is 1. The first-order chi connectivity index (χ1) is 14.2. The van der Waals surface area contributed by atoms with Crippen molar-refractivity contribution in [1.29, 1.82) is 0 Å². The molecule has 1 fully saturated rings. The number of carbonyl (C=O) groups excluding carboxylic acids is 1. The molecule has 1 aliphatic rings. The lowest BCUT2D eigenvalue weighted by atomic mass is 10.1. The van der Waals surface area contributed by atoms with E-state index in [2.05, 4.69) is 4.98 Å². The van der Waals surface area contributed by atoms with Crippen LogP contribution in [0.15, 0.2) is 63.9 Å². The number of aromatic nitrogens is 1. The van der Waals surface area contributed by atoms with E-state index in [1.165, 1.54) is 6.07 Å². The number of hydrogen-bond acceptors (Lipinski definition) is 6. The smallest absolute Gasteiger partial charge is 0.336 e. The molecule has 0 radical (unpaired) electrons. The number of piperidine rings is 1. The van der Waals surface area contributed by atoms with Crippen molar-refractivity contribution in [2.24, 2.45) is 0 Å². The molecular weight excluding hydrogens is 372 g/mol. The Morgan fingerprint density at radius 3 is 2.97 bits per heavy atom. The molecule has 7 heteroatoms. The Hall–Kier alpha value is -3.19. The number of ether oxygens (including phenoxy) is 2. The molecule has 1 aromatic carbocycles. The summed E-state index contributed by atoms with van der Waals surface area (Å²) >= 11 is 0. The van der Waals surface area contributed by atoms with Gasteiger partial charge in [-0.15, -0.1) is 0 Å². The summed E-state index contributed by atoms with van der Waals surface area (Å²) in [6.45, 7) is 1.60. The Morgan fingerprint density at radius 2 is 2.10 bits per heavy atom. The summed E-state index contributed by atoms with van der Waals surface area (Å²) in [5.41, 5.74) is 0.890. The van der Waals surface area contributed by atoms with Crippen LogP contribution in [0.5, 0.6) is 5.75 Å². The Balaban J connectivity index is 1.30. The number of hydrogen-bond donors (Lipinski definition) is 0. The second-order valence-electron chi connectivity index (χ2n) is 6.98. The predicted molar refractivity (Wildman–Crippen MR) is 107 cm³/mol. The molecule has 0 bridgehead atoms. The van der Waals surface area contributed by atoms with Crippen LogP contribution in [0.25, 0.3) is 11.0 Å². The standard InChI is InChI=1S/C22H22N2O5/c25-21(15-28-18-8-6-16-7-9-22(26)29-20(16)12-18)24-11-3-5-19(13-24)27-14-17-4-1-2-10-23-17/h1-2,4,6-10,12,19H,3,5,11,13-15H2. The van der Waals surface area contributed by atoms with E-state index in [0.29, 0.717) is 31.0 Å². The third-order valence-electron chi connectivity index (χ3n) is 4.88. The highest BCUT2D eigenvalue weighted by molar-refractivity contribution is 5.79. The summed E-state index contributed by atoms with van der Waals surface area (Å²) < 4.78 is 16.7. The first-order valence-electron chi connectivity index (χ1n) is 9.63. The van der Waals surface area contributed by atoms with Gasteiger partial charge in [0.2, 0.25) is 0 Å². The van der Waals surface area contributed by atoms with Crippen molar-refractivity contribution in [3.05, 3.63) is 70.8 Å². The monoisotopic (exact) mass is 394 g/mol. The summed E-state index contributed by atoms with van der Waals surface area (Å²) in [4.78, 5) is 30.0. The molecule has 3 aromatic rings. The number of benzene rings is 1. The van der Waals surface area contributed by atoms with Gasteiger partial charge in [0.25, 0.3) is 5.91 Å². The molecule has 0 saturated carbocycles. The zero-order valence-electron chi connectivity index (χ0n) is 16.0. The molecule has 1 atom stereocenters. The van der Waals surface area contributed by atoms with Crippen LogP contribution in [0.2, 0.25) is 0 Å². The molecule has 2 aromatic heterocycles. The zero-order chi connectivity index (χ0) is 20.1. The first kappa shape index (κ1) is 19.1. The highest BCUT2D eigenvalue weighted by atomic mass is 16.5. The van der Waals surface area contributed by atoms with Gasteiger partial charge in [-0.05, 0) is 43.2 Å². The van der Waals surface area contributed by atoms with Gasteiger partial charge in [0.1, 0.15) is 11.3 Å². The van der Waals surface area contributed by atoms with Gasteiger partial charge in [0.15, 0.2) is 6.61 Å². The molecular formula is C22H22N2O5. The molecule has 0 aliphatic carbocycles. The van der Waals surface area contributed by atoms with E-state index >= 15 is 0 Å². The van der Waals surface area contributed by atoms with Gasteiger partial charge in [0, 0.05) is 36.8 Å². The molecule has 29 heavy (non-hydrogen) atoms. The van der Waals surface area contributed by atoms with E-state index in [-0.39, 0.29) is 18.6 Å². The molecule has 4 rings (SSSR count). The summed E-state index contributed by atoms with van der Waals surface area (Å²) in [5, 5.41) is 0.798. The largest absolute Gasteiger partial charge is 0.484 e. The van der Waals surface area contributed by atoms with Crippen molar-refractivity contribution in [1.82, 2.24) is 9.88 Å². The van der Waals surface area contributed by atoms with E-state index < -0.39 is 5.63 Å². The van der Waals surface area contributed by atoms with Crippen LogP contribution in [0.1, 0.15) is 18.5 Å². The van der Waals surface area contributed by atoms with Crippen LogP contribution >= 0.6 is 0 Å². The minimum Gasteiger partial charge on any atom is -0.484 e. The fourth-order valence-electron chi connectivity index (χ4n) is 3.35. The Bertz CT molecular complexity index is 1030. The predicted octanol–water partition coefficient (Wildman–Crippen LogP) is 2.77. The number of fused-ring (bicyclic) bond motifs is 1. The number of likely N-dealkylation sites (tertiary alicyclic amines) is 1. The maximum atomic E-state index is 12.6. The fraction of sp³-hybridized carbons (Fsp3) is 0.318. The second kappa shape index (κ2) is 8.87. The van der Waals surface area contributed by atoms with Crippen molar-refractivity contribution in [2.45, 2.75) is 25.6 Å². The van der Waals surface area contributed by atoms with Crippen LogP contribution in [0.4, 0.5) is 0 Å². The summed E-state index contributed by atoms with van der Waals surface area (Å²) in [6.07, 6.45) is 3.54. The van der Waals surface area contributed by atoms with E-state index in [1.807, 2.05) is 18.2 Å². The van der Waals surface area contributed by atoms with Crippen LogP contribution in [-0.2, 0) is 16.1 Å². The van der Waals surface area contributed by atoms with Gasteiger partial charge in [0.05, 0.1) is 18.4 Å². The summed E-state index contributed by atoms with van der Waals surface area (Å²) in [5.74, 6) is 0.394. The highest BCUT2D eigenvalue weighted by Crippen LogP contribution is 2.20. The van der Waals surface area contributed by atoms with Crippen LogP contribution < -0.4 is 10.4 Å². The van der Waals surface area contributed by atoms with Gasteiger partial charge in [-0.25, -0.2) is 4.79 Å². The average Bonchev–Trinajstić information content (AvgIpc) is 2.76. The van der Waals surface area contributed by atoms with E-state index in [0.717, 1.165) is 23.9 Å². The lowest BCUT2D eigenvalue weighted by molar-refractivity contribution is -0.137. The third-order valence-corrected chi connectivity index (χ3v) is 4.88. The van der Waals surface area contributed by atoms with Gasteiger partial charge < -0.3 is 18.8 Å². The van der Waals surface area contributed by atoms with Crippen LogP contribution in [0, 0.1) is 0 Å². The molecule has 1 unspecified atom stereocenters. The van der Waals surface area contributed by atoms with E-state index in [9.17, 15) is 9.59 Å². The van der Waals surface area contributed by atoms with Gasteiger partial charge >= 0.3 is 5.63 Å². The minimum atomic E-state index is -0.421. The van der Waals surface area contributed by atoms with Crippen molar-refractivity contribution >= 4 is 16.9 Å². The maximum absolute atomic E-state index is 12.6. The molecule has 1 aliphatic heterocycles. The van der Waals surface area contributed by atoms with Crippen molar-refractivity contribution in [2.75, 3.05) is 19.7 Å². The average molecular weight is 394 g/mol. The molecule has 0 N–H and O–H groups in total. The SMILES string of the molecule is O=C(COc1ccc2ccc(=O)oc2c1)N1CCCC(OCc2ccccn2)C1.